The molecule has 15 heavy (non-hydrogen) atoms. The van der Waals surface area contributed by atoms with E-state index in [-0.39, 0.29) is 6.10 Å². The molecule has 2 nitrogen and oxygen atoms in total. The van der Waals surface area contributed by atoms with E-state index in [0.29, 0.717) is 6.04 Å². The molecule has 0 aromatic rings. The molecule has 1 aliphatic heterocycles. The Morgan fingerprint density at radius 1 is 0.867 bits per heavy atom. The number of nitrogens with zero attached hydrogens (tertiary/aromatic N) is 1. The van der Waals surface area contributed by atoms with Gasteiger partial charge >= 0.3 is 0 Å². The molecule has 0 radical (unpaired) electrons. The number of fused-ring (bicyclic) bond motifs is 1. The van der Waals surface area contributed by atoms with Gasteiger partial charge in [0.05, 0.1) is 6.10 Å². The molecule has 0 spiro atoms. The molecule has 0 aromatic carbocycles. The molecular formula is C13H23NO. The van der Waals surface area contributed by atoms with E-state index in [0.717, 1.165) is 18.3 Å². The van der Waals surface area contributed by atoms with Crippen molar-refractivity contribution in [2.45, 2.75) is 57.1 Å². The summed E-state index contributed by atoms with van der Waals surface area (Å²) in [6.45, 7) is 2.46. The van der Waals surface area contributed by atoms with Crippen LogP contribution in [0.2, 0.25) is 0 Å². The topological polar surface area (TPSA) is 23.5 Å². The number of rotatable bonds is 1. The molecule has 0 aromatic heterocycles. The van der Waals surface area contributed by atoms with E-state index in [1.807, 2.05) is 0 Å². The van der Waals surface area contributed by atoms with Crippen molar-refractivity contribution >= 4 is 0 Å². The zero-order valence-electron chi connectivity index (χ0n) is 9.57. The van der Waals surface area contributed by atoms with Gasteiger partial charge in [0, 0.05) is 6.04 Å². The largest absolute Gasteiger partial charge is 0.391 e. The smallest absolute Gasteiger partial charge is 0.0695 e. The minimum Gasteiger partial charge on any atom is -0.391 e. The summed E-state index contributed by atoms with van der Waals surface area (Å²) in [6.07, 6.45) is 9.08. The van der Waals surface area contributed by atoms with E-state index >= 15 is 0 Å². The van der Waals surface area contributed by atoms with Crippen LogP contribution in [-0.4, -0.2) is 35.2 Å². The highest BCUT2D eigenvalue weighted by Gasteiger charge is 2.40. The van der Waals surface area contributed by atoms with Crippen molar-refractivity contribution in [2.75, 3.05) is 13.1 Å². The highest BCUT2D eigenvalue weighted by atomic mass is 16.3. The van der Waals surface area contributed by atoms with E-state index in [4.69, 9.17) is 0 Å². The Balaban J connectivity index is 1.63. The molecule has 2 saturated carbocycles. The van der Waals surface area contributed by atoms with Crippen molar-refractivity contribution in [3.63, 3.8) is 0 Å². The molecule has 2 heteroatoms. The minimum atomic E-state index is -0.0374. The Kier molecular flexibility index (Phi) is 2.73. The SMILES string of the molecule is O[C@@H]1CC[C@@H]2C[C@@H]2CC[C@H]1N1CCCC1. The number of aliphatic hydroxyl groups excluding tert-OH is 1. The van der Waals surface area contributed by atoms with Crippen LogP contribution < -0.4 is 0 Å². The quantitative estimate of drug-likeness (QED) is 0.714. The fourth-order valence-corrected chi connectivity index (χ4v) is 3.67. The van der Waals surface area contributed by atoms with Gasteiger partial charge in [-0.1, -0.05) is 0 Å². The molecule has 86 valence electrons. The second-order valence-electron chi connectivity index (χ2n) is 5.79. The van der Waals surface area contributed by atoms with E-state index in [2.05, 4.69) is 4.90 Å². The first-order valence-electron chi connectivity index (χ1n) is 6.77. The molecule has 0 bridgehead atoms. The lowest BCUT2D eigenvalue weighted by Gasteiger charge is -2.33. The average Bonchev–Trinajstić information content (AvgIpc) is 2.74. The molecule has 4 atom stereocenters. The normalized spacial score (nSPS) is 47.0. The second kappa shape index (κ2) is 4.06. The van der Waals surface area contributed by atoms with Crippen LogP contribution in [0.3, 0.4) is 0 Å². The third-order valence-electron chi connectivity index (χ3n) is 4.79. The summed E-state index contributed by atoms with van der Waals surface area (Å²) >= 11 is 0. The van der Waals surface area contributed by atoms with Crippen LogP contribution in [0.1, 0.15) is 44.9 Å². The lowest BCUT2D eigenvalue weighted by Crippen LogP contribution is -2.42. The lowest BCUT2D eigenvalue weighted by atomic mass is 9.93. The lowest BCUT2D eigenvalue weighted by molar-refractivity contribution is 0.0421. The van der Waals surface area contributed by atoms with Crippen molar-refractivity contribution in [2.24, 2.45) is 11.8 Å². The van der Waals surface area contributed by atoms with E-state index in [1.54, 1.807) is 0 Å². The van der Waals surface area contributed by atoms with Gasteiger partial charge in [-0.05, 0) is 69.9 Å². The van der Waals surface area contributed by atoms with Crippen molar-refractivity contribution in [1.29, 1.82) is 0 Å². The Morgan fingerprint density at radius 3 is 2.27 bits per heavy atom. The summed E-state index contributed by atoms with van der Waals surface area (Å²) in [5, 5.41) is 10.2. The van der Waals surface area contributed by atoms with Crippen molar-refractivity contribution in [1.82, 2.24) is 4.90 Å². The summed E-state index contributed by atoms with van der Waals surface area (Å²) < 4.78 is 0. The van der Waals surface area contributed by atoms with Gasteiger partial charge in [0.2, 0.25) is 0 Å². The van der Waals surface area contributed by atoms with Crippen LogP contribution in [0.4, 0.5) is 0 Å². The van der Waals surface area contributed by atoms with Crippen LogP contribution in [0.15, 0.2) is 0 Å². The van der Waals surface area contributed by atoms with Gasteiger partial charge in [0.25, 0.3) is 0 Å². The standard InChI is InChI=1S/C13H23NO/c15-13-6-4-11-9-10(11)3-5-12(13)14-7-1-2-8-14/h10-13,15H,1-9H2/t10-,11+,12+,13+/m0/s1. The maximum atomic E-state index is 10.2. The minimum absolute atomic E-state index is 0.0374. The van der Waals surface area contributed by atoms with Crippen molar-refractivity contribution < 1.29 is 5.11 Å². The molecule has 2 aliphatic carbocycles. The van der Waals surface area contributed by atoms with Crippen molar-refractivity contribution in [3.8, 4) is 0 Å². The first kappa shape index (κ1) is 10.1. The van der Waals surface area contributed by atoms with Crippen LogP contribution in [-0.2, 0) is 0 Å². The van der Waals surface area contributed by atoms with Gasteiger partial charge in [0.15, 0.2) is 0 Å². The zero-order chi connectivity index (χ0) is 10.3. The molecule has 1 heterocycles. The monoisotopic (exact) mass is 209 g/mol. The molecule has 1 saturated heterocycles. The summed E-state index contributed by atoms with van der Waals surface area (Å²) in [5.41, 5.74) is 0. The fraction of sp³-hybridized carbons (Fsp3) is 1.00. The number of hydrogen-bond acceptors (Lipinski definition) is 2. The average molecular weight is 209 g/mol. The van der Waals surface area contributed by atoms with Gasteiger partial charge in [-0.15, -0.1) is 0 Å². The third-order valence-corrected chi connectivity index (χ3v) is 4.79. The van der Waals surface area contributed by atoms with Gasteiger partial charge < -0.3 is 5.11 Å². The third kappa shape index (κ3) is 2.07. The van der Waals surface area contributed by atoms with Gasteiger partial charge in [-0.3, -0.25) is 4.90 Å². The summed E-state index contributed by atoms with van der Waals surface area (Å²) in [5.74, 6) is 2.02. The summed E-state index contributed by atoms with van der Waals surface area (Å²) in [6, 6.07) is 0.494. The van der Waals surface area contributed by atoms with Gasteiger partial charge in [0.1, 0.15) is 0 Å². The second-order valence-corrected chi connectivity index (χ2v) is 5.79. The predicted molar refractivity (Wildman–Crippen MR) is 60.7 cm³/mol. The van der Waals surface area contributed by atoms with E-state index in [9.17, 15) is 5.11 Å². The van der Waals surface area contributed by atoms with Crippen molar-refractivity contribution in [3.05, 3.63) is 0 Å². The Labute approximate surface area is 92.7 Å². The van der Waals surface area contributed by atoms with Crippen LogP contribution in [0.5, 0.6) is 0 Å². The van der Waals surface area contributed by atoms with E-state index < -0.39 is 0 Å². The molecule has 3 rings (SSSR count). The Morgan fingerprint density at radius 2 is 1.53 bits per heavy atom. The Hall–Kier alpha value is -0.0800. The van der Waals surface area contributed by atoms with Crippen LogP contribution in [0, 0.1) is 11.8 Å². The number of likely N-dealkylation sites (tertiary alicyclic amines) is 1. The molecular weight excluding hydrogens is 186 g/mol. The van der Waals surface area contributed by atoms with Gasteiger partial charge in [-0.25, -0.2) is 0 Å². The number of aliphatic hydroxyl groups is 1. The molecule has 3 fully saturated rings. The molecule has 3 aliphatic rings. The predicted octanol–water partition coefficient (Wildman–Crippen LogP) is 2.02. The van der Waals surface area contributed by atoms with Crippen LogP contribution in [0.25, 0.3) is 0 Å². The summed E-state index contributed by atoms with van der Waals surface area (Å²) in [7, 11) is 0. The van der Waals surface area contributed by atoms with Gasteiger partial charge in [-0.2, -0.15) is 0 Å². The van der Waals surface area contributed by atoms with E-state index in [1.165, 1.54) is 51.6 Å². The maximum absolute atomic E-state index is 10.2. The Bertz CT molecular complexity index is 225. The molecule has 0 unspecified atom stereocenters. The highest BCUT2D eigenvalue weighted by Crippen LogP contribution is 2.47. The maximum Gasteiger partial charge on any atom is 0.0695 e. The molecule has 0 amide bonds. The number of hydrogen-bond donors (Lipinski definition) is 1. The zero-order valence-corrected chi connectivity index (χ0v) is 9.57. The van der Waals surface area contributed by atoms with Crippen LogP contribution >= 0.6 is 0 Å². The highest BCUT2D eigenvalue weighted by molar-refractivity contribution is 4.93. The first-order chi connectivity index (χ1) is 7.34. The summed E-state index contributed by atoms with van der Waals surface area (Å²) in [4.78, 5) is 2.55. The molecule has 1 N–H and O–H groups in total. The fourth-order valence-electron chi connectivity index (χ4n) is 3.67. The first-order valence-corrected chi connectivity index (χ1v) is 6.77.